The SMILES string of the molecule is COC(=O)[C@@H]1CCCC[C@@]1(C)NC(=O)c1cnn(-c2ccc(F)cc2)n1. The molecule has 0 saturated heterocycles. The summed E-state index contributed by atoms with van der Waals surface area (Å²) in [4.78, 5) is 26.0. The minimum Gasteiger partial charge on any atom is -0.469 e. The fourth-order valence-electron chi connectivity index (χ4n) is 3.39. The third kappa shape index (κ3) is 3.58. The fraction of sp³-hybridized carbons (Fsp3) is 0.444. The molecule has 1 aliphatic rings. The Hall–Kier alpha value is -2.77. The second-order valence-corrected chi connectivity index (χ2v) is 6.69. The van der Waals surface area contributed by atoms with Crippen LogP contribution in [0.2, 0.25) is 0 Å². The molecule has 1 aromatic carbocycles. The molecule has 1 saturated carbocycles. The Morgan fingerprint density at radius 2 is 2.04 bits per heavy atom. The van der Waals surface area contributed by atoms with Crippen LogP contribution in [0.1, 0.15) is 43.1 Å². The highest BCUT2D eigenvalue weighted by Gasteiger charge is 2.43. The summed E-state index contributed by atoms with van der Waals surface area (Å²) in [6, 6.07) is 5.63. The smallest absolute Gasteiger partial charge is 0.311 e. The van der Waals surface area contributed by atoms with Crippen LogP contribution >= 0.6 is 0 Å². The highest BCUT2D eigenvalue weighted by molar-refractivity contribution is 5.93. The predicted octanol–water partition coefficient (Wildman–Crippen LogP) is 2.26. The number of nitrogens with zero attached hydrogens (tertiary/aromatic N) is 3. The van der Waals surface area contributed by atoms with Gasteiger partial charge < -0.3 is 10.1 Å². The van der Waals surface area contributed by atoms with Crippen LogP contribution in [0.4, 0.5) is 4.39 Å². The van der Waals surface area contributed by atoms with E-state index < -0.39 is 17.4 Å². The summed E-state index contributed by atoms with van der Waals surface area (Å²) in [6.45, 7) is 1.86. The lowest BCUT2D eigenvalue weighted by Gasteiger charge is -2.40. The van der Waals surface area contributed by atoms with Crippen molar-refractivity contribution in [2.24, 2.45) is 5.92 Å². The number of ether oxygens (including phenoxy) is 1. The maximum absolute atomic E-state index is 13.0. The van der Waals surface area contributed by atoms with Crippen LogP contribution in [0.5, 0.6) is 0 Å². The monoisotopic (exact) mass is 360 g/mol. The number of hydrogen-bond acceptors (Lipinski definition) is 5. The number of rotatable bonds is 4. The van der Waals surface area contributed by atoms with E-state index in [0.717, 1.165) is 12.8 Å². The van der Waals surface area contributed by atoms with E-state index in [0.29, 0.717) is 18.5 Å². The molecular formula is C18H21FN4O3. The Kier molecular flexibility index (Phi) is 5.01. The Morgan fingerprint density at radius 1 is 1.31 bits per heavy atom. The number of carbonyl (C=O) groups excluding carboxylic acids is 2. The Morgan fingerprint density at radius 3 is 2.73 bits per heavy atom. The van der Waals surface area contributed by atoms with Gasteiger partial charge >= 0.3 is 5.97 Å². The molecule has 0 spiro atoms. The fourth-order valence-corrected chi connectivity index (χ4v) is 3.39. The summed E-state index contributed by atoms with van der Waals surface area (Å²) in [7, 11) is 1.35. The van der Waals surface area contributed by atoms with Gasteiger partial charge in [0.25, 0.3) is 5.91 Å². The van der Waals surface area contributed by atoms with Gasteiger partial charge in [0.05, 0.1) is 30.5 Å². The number of carbonyl (C=O) groups is 2. The molecular weight excluding hydrogens is 339 g/mol. The van der Waals surface area contributed by atoms with E-state index >= 15 is 0 Å². The van der Waals surface area contributed by atoms with E-state index in [-0.39, 0.29) is 17.5 Å². The van der Waals surface area contributed by atoms with Gasteiger partial charge in [-0.15, -0.1) is 5.10 Å². The molecule has 1 N–H and O–H groups in total. The van der Waals surface area contributed by atoms with Crippen molar-refractivity contribution in [2.75, 3.05) is 7.11 Å². The zero-order valence-electron chi connectivity index (χ0n) is 14.7. The highest BCUT2D eigenvalue weighted by Crippen LogP contribution is 2.34. The van der Waals surface area contributed by atoms with Gasteiger partial charge in [0, 0.05) is 0 Å². The Labute approximate surface area is 150 Å². The van der Waals surface area contributed by atoms with Crippen molar-refractivity contribution in [3.8, 4) is 5.69 Å². The van der Waals surface area contributed by atoms with Gasteiger partial charge in [-0.25, -0.2) is 4.39 Å². The van der Waals surface area contributed by atoms with E-state index in [9.17, 15) is 14.0 Å². The van der Waals surface area contributed by atoms with Gasteiger partial charge in [-0.2, -0.15) is 9.90 Å². The van der Waals surface area contributed by atoms with Gasteiger partial charge in [0.2, 0.25) is 0 Å². The lowest BCUT2D eigenvalue weighted by Crippen LogP contribution is -2.55. The molecule has 0 bridgehead atoms. The van der Waals surface area contributed by atoms with Crippen molar-refractivity contribution in [1.29, 1.82) is 0 Å². The molecule has 7 nitrogen and oxygen atoms in total. The van der Waals surface area contributed by atoms with Crippen molar-refractivity contribution in [3.05, 3.63) is 42.0 Å². The minimum atomic E-state index is -0.692. The minimum absolute atomic E-state index is 0.129. The first kappa shape index (κ1) is 18.0. The van der Waals surface area contributed by atoms with Gasteiger partial charge in [-0.1, -0.05) is 12.8 Å². The van der Waals surface area contributed by atoms with Crippen LogP contribution in [0.3, 0.4) is 0 Å². The van der Waals surface area contributed by atoms with Crippen LogP contribution in [0.15, 0.2) is 30.5 Å². The van der Waals surface area contributed by atoms with Gasteiger partial charge in [-0.05, 0) is 44.0 Å². The lowest BCUT2D eigenvalue weighted by molar-refractivity contribution is -0.149. The molecule has 2 aromatic rings. The van der Waals surface area contributed by atoms with Crippen molar-refractivity contribution < 1.29 is 18.7 Å². The van der Waals surface area contributed by atoms with E-state index in [2.05, 4.69) is 15.5 Å². The third-order valence-electron chi connectivity index (χ3n) is 4.87. The second-order valence-electron chi connectivity index (χ2n) is 6.69. The molecule has 0 aliphatic heterocycles. The van der Waals surface area contributed by atoms with Crippen LogP contribution in [-0.2, 0) is 9.53 Å². The quantitative estimate of drug-likeness (QED) is 0.845. The van der Waals surface area contributed by atoms with Crippen LogP contribution in [0, 0.1) is 11.7 Å². The molecule has 0 radical (unpaired) electrons. The number of esters is 1. The van der Waals surface area contributed by atoms with E-state index in [4.69, 9.17) is 4.74 Å². The molecule has 8 heteroatoms. The molecule has 1 fully saturated rings. The molecule has 2 atom stereocenters. The van der Waals surface area contributed by atoms with Crippen LogP contribution in [0.25, 0.3) is 5.69 Å². The molecule has 3 rings (SSSR count). The second kappa shape index (κ2) is 7.23. The topological polar surface area (TPSA) is 86.1 Å². The molecule has 1 aromatic heterocycles. The summed E-state index contributed by atoms with van der Waals surface area (Å²) >= 11 is 0. The number of hydrogen-bond donors (Lipinski definition) is 1. The highest BCUT2D eigenvalue weighted by atomic mass is 19.1. The molecule has 0 unspecified atom stereocenters. The molecule has 1 amide bonds. The number of methoxy groups -OCH3 is 1. The number of benzene rings is 1. The summed E-state index contributed by atoms with van der Waals surface area (Å²) in [6.07, 6.45) is 4.55. The van der Waals surface area contributed by atoms with Gasteiger partial charge in [0.1, 0.15) is 5.82 Å². The van der Waals surface area contributed by atoms with Gasteiger partial charge in [0.15, 0.2) is 5.69 Å². The number of amides is 1. The number of aromatic nitrogens is 3. The number of halogens is 1. The maximum atomic E-state index is 13.0. The summed E-state index contributed by atoms with van der Waals surface area (Å²) in [5, 5.41) is 11.1. The van der Waals surface area contributed by atoms with Crippen LogP contribution < -0.4 is 5.32 Å². The molecule has 1 heterocycles. The molecule has 1 aliphatic carbocycles. The Balaban J connectivity index is 1.77. The normalized spacial score (nSPS) is 22.7. The largest absolute Gasteiger partial charge is 0.469 e. The predicted molar refractivity (Wildman–Crippen MR) is 91.2 cm³/mol. The van der Waals surface area contributed by atoms with Crippen LogP contribution in [-0.4, -0.2) is 39.5 Å². The van der Waals surface area contributed by atoms with Crippen molar-refractivity contribution in [2.45, 2.75) is 38.1 Å². The van der Waals surface area contributed by atoms with E-state index in [1.54, 1.807) is 0 Å². The zero-order chi connectivity index (χ0) is 18.7. The number of nitrogens with one attached hydrogen (secondary N) is 1. The molecule has 26 heavy (non-hydrogen) atoms. The van der Waals surface area contributed by atoms with E-state index in [1.807, 2.05) is 6.92 Å². The first-order valence-electron chi connectivity index (χ1n) is 8.51. The van der Waals surface area contributed by atoms with Gasteiger partial charge in [-0.3, -0.25) is 9.59 Å². The molecule has 138 valence electrons. The van der Waals surface area contributed by atoms with E-state index in [1.165, 1.54) is 42.4 Å². The summed E-state index contributed by atoms with van der Waals surface area (Å²) < 4.78 is 17.9. The first-order chi connectivity index (χ1) is 12.4. The average Bonchev–Trinajstić information content (AvgIpc) is 3.12. The lowest BCUT2D eigenvalue weighted by atomic mass is 9.73. The maximum Gasteiger partial charge on any atom is 0.311 e. The first-order valence-corrected chi connectivity index (χ1v) is 8.51. The van der Waals surface area contributed by atoms with Crippen molar-refractivity contribution in [3.63, 3.8) is 0 Å². The Bertz CT molecular complexity index is 805. The zero-order valence-corrected chi connectivity index (χ0v) is 14.7. The summed E-state index contributed by atoms with van der Waals surface area (Å²) in [5.74, 6) is -1.48. The van der Waals surface area contributed by atoms with Crippen molar-refractivity contribution in [1.82, 2.24) is 20.3 Å². The summed E-state index contributed by atoms with van der Waals surface area (Å²) in [5.41, 5.74) is -0.0197. The third-order valence-corrected chi connectivity index (χ3v) is 4.87. The average molecular weight is 360 g/mol. The standard InChI is InChI=1S/C18H21FN4O3/c1-18(10-4-3-5-14(18)17(25)26-2)21-16(24)15-11-20-23(22-15)13-8-6-12(19)7-9-13/h6-9,11,14H,3-5,10H2,1-2H3,(H,21,24)/t14-,18+/m0/s1. The van der Waals surface area contributed by atoms with Crippen molar-refractivity contribution >= 4 is 11.9 Å².